The Labute approximate surface area is 172 Å². The highest BCUT2D eigenvalue weighted by Gasteiger charge is 2.45. The number of fused-ring (bicyclic) bond motifs is 1. The molecule has 1 aromatic carbocycles. The Morgan fingerprint density at radius 2 is 1.77 bits per heavy atom. The first-order valence-electron chi connectivity index (χ1n) is 9.76. The number of imide groups is 2. The number of carbonyl (C=O) groups excluding carboxylic acids is 4. The first-order chi connectivity index (χ1) is 14.4. The summed E-state index contributed by atoms with van der Waals surface area (Å²) in [7, 11) is 0. The molecule has 1 aromatic rings. The summed E-state index contributed by atoms with van der Waals surface area (Å²) in [5.41, 5.74) is 0.223. The fraction of sp³-hybridized carbons (Fsp3) is 0.429. The van der Waals surface area contributed by atoms with Gasteiger partial charge in [-0.25, -0.2) is 4.39 Å². The number of nitrogens with one attached hydrogen (secondary N) is 1. The summed E-state index contributed by atoms with van der Waals surface area (Å²) in [6, 6.07) is 1.35. The molecule has 156 valence electrons. The first kappa shape index (κ1) is 20.0. The van der Waals surface area contributed by atoms with E-state index in [1.807, 2.05) is 0 Å². The van der Waals surface area contributed by atoms with Crippen LogP contribution in [0, 0.1) is 18.2 Å². The molecule has 1 unspecified atom stereocenters. The minimum absolute atomic E-state index is 0.000939. The molecule has 0 bridgehead atoms. The molecule has 0 saturated carbocycles. The van der Waals surface area contributed by atoms with Crippen molar-refractivity contribution in [1.29, 1.82) is 0 Å². The van der Waals surface area contributed by atoms with Crippen LogP contribution in [-0.2, 0) is 14.3 Å². The number of ether oxygens (including phenoxy) is 1. The Balaban J connectivity index is 1.55. The van der Waals surface area contributed by atoms with E-state index in [1.165, 1.54) is 6.07 Å². The molecule has 4 amide bonds. The SMILES string of the molecule is C#CCOC1CCN(c2cc3c(cc2F)C(=O)N(C2CCC(=O)NC2=O)C3=O)CC1. The third-order valence-corrected chi connectivity index (χ3v) is 5.69. The third kappa shape index (κ3) is 3.44. The Hall–Kier alpha value is -3.25. The van der Waals surface area contributed by atoms with Gasteiger partial charge in [-0.3, -0.25) is 29.4 Å². The number of nitrogens with zero attached hydrogens (tertiary/aromatic N) is 2. The van der Waals surface area contributed by atoms with Crippen molar-refractivity contribution in [2.75, 3.05) is 24.6 Å². The van der Waals surface area contributed by atoms with E-state index in [0.29, 0.717) is 25.9 Å². The summed E-state index contributed by atoms with van der Waals surface area (Å²) in [4.78, 5) is 51.8. The minimum Gasteiger partial charge on any atom is -0.369 e. The Bertz CT molecular complexity index is 978. The number of rotatable bonds is 4. The van der Waals surface area contributed by atoms with E-state index in [9.17, 15) is 23.6 Å². The van der Waals surface area contributed by atoms with Crippen LogP contribution in [0.15, 0.2) is 12.1 Å². The van der Waals surface area contributed by atoms with Crippen LogP contribution in [0.4, 0.5) is 10.1 Å². The van der Waals surface area contributed by atoms with Crippen LogP contribution in [0.1, 0.15) is 46.4 Å². The van der Waals surface area contributed by atoms with Gasteiger partial charge in [0.15, 0.2) is 0 Å². The number of carbonyl (C=O) groups is 4. The molecule has 3 aliphatic heterocycles. The van der Waals surface area contributed by atoms with Gasteiger partial charge >= 0.3 is 0 Å². The van der Waals surface area contributed by atoms with E-state index in [2.05, 4.69) is 11.2 Å². The molecule has 2 fully saturated rings. The number of anilines is 1. The summed E-state index contributed by atoms with van der Waals surface area (Å²) in [5, 5.41) is 2.14. The average Bonchev–Trinajstić information content (AvgIpc) is 2.96. The van der Waals surface area contributed by atoms with E-state index >= 15 is 0 Å². The number of terminal acetylenes is 1. The van der Waals surface area contributed by atoms with Crippen molar-refractivity contribution in [3.8, 4) is 12.3 Å². The van der Waals surface area contributed by atoms with Crippen molar-refractivity contribution in [2.24, 2.45) is 0 Å². The Morgan fingerprint density at radius 1 is 1.10 bits per heavy atom. The maximum Gasteiger partial charge on any atom is 0.262 e. The second-order valence-corrected chi connectivity index (χ2v) is 7.50. The number of halogens is 1. The van der Waals surface area contributed by atoms with Gasteiger partial charge in [0.05, 0.1) is 22.9 Å². The Kier molecular flexibility index (Phi) is 5.26. The van der Waals surface area contributed by atoms with E-state index in [0.717, 1.165) is 11.0 Å². The van der Waals surface area contributed by atoms with E-state index in [-0.39, 0.29) is 42.4 Å². The van der Waals surface area contributed by atoms with Crippen LogP contribution < -0.4 is 10.2 Å². The lowest BCUT2D eigenvalue weighted by atomic mass is 10.0. The predicted octanol–water partition coefficient (Wildman–Crippen LogP) is 0.846. The summed E-state index contributed by atoms with van der Waals surface area (Å²) in [6.45, 7) is 1.26. The van der Waals surface area contributed by atoms with E-state index in [1.54, 1.807) is 4.90 Å². The van der Waals surface area contributed by atoms with Crippen LogP contribution in [-0.4, -0.2) is 60.4 Å². The predicted molar refractivity (Wildman–Crippen MR) is 103 cm³/mol. The number of piperidine rings is 2. The van der Waals surface area contributed by atoms with Crippen molar-refractivity contribution >= 4 is 29.3 Å². The molecular weight excluding hydrogens is 393 g/mol. The van der Waals surface area contributed by atoms with Crippen LogP contribution in [0.2, 0.25) is 0 Å². The van der Waals surface area contributed by atoms with Crippen molar-refractivity contribution in [3.63, 3.8) is 0 Å². The summed E-state index contributed by atoms with van der Waals surface area (Å²) < 4.78 is 20.3. The minimum atomic E-state index is -1.08. The van der Waals surface area contributed by atoms with Crippen LogP contribution in [0.3, 0.4) is 0 Å². The fourth-order valence-electron chi connectivity index (χ4n) is 4.15. The zero-order chi connectivity index (χ0) is 21.4. The maximum atomic E-state index is 14.8. The molecule has 0 radical (unpaired) electrons. The van der Waals surface area contributed by atoms with Crippen LogP contribution >= 0.6 is 0 Å². The smallest absolute Gasteiger partial charge is 0.262 e. The largest absolute Gasteiger partial charge is 0.369 e. The van der Waals surface area contributed by atoms with Crippen LogP contribution in [0.25, 0.3) is 0 Å². The number of hydrogen-bond donors (Lipinski definition) is 1. The summed E-state index contributed by atoms with van der Waals surface area (Å²) >= 11 is 0. The van der Waals surface area contributed by atoms with Gasteiger partial charge in [0.25, 0.3) is 11.8 Å². The molecule has 8 nitrogen and oxygen atoms in total. The number of hydrogen-bond acceptors (Lipinski definition) is 6. The quantitative estimate of drug-likeness (QED) is 0.581. The van der Waals surface area contributed by atoms with Gasteiger partial charge in [-0.2, -0.15) is 0 Å². The second-order valence-electron chi connectivity index (χ2n) is 7.50. The first-order valence-corrected chi connectivity index (χ1v) is 9.76. The summed E-state index contributed by atoms with van der Waals surface area (Å²) in [5.74, 6) is -0.712. The highest BCUT2D eigenvalue weighted by molar-refractivity contribution is 6.23. The Morgan fingerprint density at radius 3 is 2.40 bits per heavy atom. The van der Waals surface area contributed by atoms with Crippen LogP contribution in [0.5, 0.6) is 0 Å². The number of benzene rings is 1. The molecule has 2 saturated heterocycles. The lowest BCUT2D eigenvalue weighted by molar-refractivity contribution is -0.136. The van der Waals surface area contributed by atoms with Crippen molar-refractivity contribution in [1.82, 2.24) is 10.2 Å². The molecule has 3 heterocycles. The fourth-order valence-corrected chi connectivity index (χ4v) is 4.15. The molecule has 0 aromatic heterocycles. The van der Waals surface area contributed by atoms with Crippen molar-refractivity contribution in [3.05, 3.63) is 29.1 Å². The molecule has 1 atom stereocenters. The van der Waals surface area contributed by atoms with Gasteiger partial charge in [-0.1, -0.05) is 5.92 Å². The van der Waals surface area contributed by atoms with Crippen molar-refractivity contribution in [2.45, 2.75) is 37.8 Å². The lowest BCUT2D eigenvalue weighted by Crippen LogP contribution is -2.54. The average molecular weight is 413 g/mol. The second kappa shape index (κ2) is 7.88. The molecule has 9 heteroatoms. The molecule has 30 heavy (non-hydrogen) atoms. The number of amides is 4. The van der Waals surface area contributed by atoms with Gasteiger partial charge in [-0.05, 0) is 31.4 Å². The highest BCUT2D eigenvalue weighted by Crippen LogP contribution is 2.33. The van der Waals surface area contributed by atoms with Gasteiger partial charge in [0.1, 0.15) is 18.5 Å². The zero-order valence-corrected chi connectivity index (χ0v) is 16.2. The zero-order valence-electron chi connectivity index (χ0n) is 16.2. The van der Waals surface area contributed by atoms with Gasteiger partial charge in [0, 0.05) is 19.5 Å². The van der Waals surface area contributed by atoms with Crippen molar-refractivity contribution < 1.29 is 28.3 Å². The van der Waals surface area contributed by atoms with Gasteiger partial charge in [-0.15, -0.1) is 6.42 Å². The molecular formula is C21H20FN3O5. The van der Waals surface area contributed by atoms with E-state index in [4.69, 9.17) is 11.2 Å². The monoisotopic (exact) mass is 413 g/mol. The van der Waals surface area contributed by atoms with Gasteiger partial charge < -0.3 is 9.64 Å². The normalized spacial score (nSPS) is 22.2. The molecule has 3 aliphatic rings. The lowest BCUT2D eigenvalue weighted by Gasteiger charge is -2.33. The van der Waals surface area contributed by atoms with E-state index < -0.39 is 35.5 Å². The highest BCUT2D eigenvalue weighted by atomic mass is 19.1. The van der Waals surface area contributed by atoms with Gasteiger partial charge in [0.2, 0.25) is 11.8 Å². The molecule has 0 spiro atoms. The maximum absolute atomic E-state index is 14.8. The standard InChI is InChI=1S/C21H20FN3O5/c1-2-9-30-12-5-7-24(8-6-12)17-11-14-13(10-15(17)22)20(28)25(21(14)29)16-3-4-18(26)23-19(16)27/h1,10-12,16H,3-9H2,(H,23,26,27). The third-order valence-electron chi connectivity index (χ3n) is 5.69. The molecule has 0 aliphatic carbocycles. The summed E-state index contributed by atoms with van der Waals surface area (Å²) in [6.07, 6.45) is 6.60. The topological polar surface area (TPSA) is 96.0 Å². The molecule has 1 N–H and O–H groups in total. The molecule has 4 rings (SSSR count).